The summed E-state index contributed by atoms with van der Waals surface area (Å²) in [6.45, 7) is 4.45. The van der Waals surface area contributed by atoms with Crippen LogP contribution in [-0.4, -0.2) is 23.5 Å². The molecule has 0 unspecified atom stereocenters. The number of nitrogens with one attached hydrogen (secondary N) is 1. The second-order valence-electron chi connectivity index (χ2n) is 4.19. The molecule has 0 saturated carbocycles. The van der Waals surface area contributed by atoms with Crippen LogP contribution in [0.15, 0.2) is 29.2 Å². The molecule has 1 rings (SSSR count). The van der Waals surface area contributed by atoms with Gasteiger partial charge in [0.15, 0.2) is 0 Å². The molecule has 0 radical (unpaired) electrons. The van der Waals surface area contributed by atoms with E-state index in [2.05, 4.69) is 23.7 Å². The van der Waals surface area contributed by atoms with Gasteiger partial charge in [0.1, 0.15) is 0 Å². The minimum atomic E-state index is -0.596. The lowest BCUT2D eigenvalue weighted by molar-refractivity contribution is 0.0748. The van der Waals surface area contributed by atoms with E-state index in [0.717, 1.165) is 18.7 Å². The van der Waals surface area contributed by atoms with E-state index < -0.39 is 5.60 Å². The highest BCUT2D eigenvalue weighted by Crippen LogP contribution is 2.24. The summed E-state index contributed by atoms with van der Waals surface area (Å²) in [5, 5.41) is 12.9. The van der Waals surface area contributed by atoms with Crippen molar-refractivity contribution in [2.24, 2.45) is 0 Å². The fourth-order valence-electron chi connectivity index (χ4n) is 1.29. The number of aliphatic hydroxyl groups is 1. The molecular formula is C12H19NOS. The highest BCUT2D eigenvalue weighted by molar-refractivity contribution is 7.98. The molecule has 1 aromatic rings. The standard InChI is InChI=1S/C12H19NOS/c1-12(2,14)8-9-13-10-6-4-5-7-11(10)15-3/h4-7,13-14H,8-9H2,1-3H3. The Hall–Kier alpha value is -0.670. The first kappa shape index (κ1) is 12.4. The molecule has 0 aliphatic heterocycles. The van der Waals surface area contributed by atoms with Crippen molar-refractivity contribution in [3.63, 3.8) is 0 Å². The quantitative estimate of drug-likeness (QED) is 0.756. The molecule has 0 aromatic heterocycles. The van der Waals surface area contributed by atoms with Crippen molar-refractivity contribution in [3.8, 4) is 0 Å². The molecular weight excluding hydrogens is 206 g/mol. The van der Waals surface area contributed by atoms with Gasteiger partial charge in [-0.1, -0.05) is 12.1 Å². The maximum absolute atomic E-state index is 9.58. The molecule has 0 bridgehead atoms. The highest BCUT2D eigenvalue weighted by atomic mass is 32.2. The van der Waals surface area contributed by atoms with Crippen molar-refractivity contribution in [1.82, 2.24) is 0 Å². The monoisotopic (exact) mass is 225 g/mol. The van der Waals surface area contributed by atoms with Crippen molar-refractivity contribution >= 4 is 17.4 Å². The van der Waals surface area contributed by atoms with Gasteiger partial charge in [-0.15, -0.1) is 11.8 Å². The Bertz CT molecular complexity index is 307. The van der Waals surface area contributed by atoms with Crippen LogP contribution in [0.1, 0.15) is 20.3 Å². The zero-order valence-corrected chi connectivity index (χ0v) is 10.4. The summed E-state index contributed by atoms with van der Waals surface area (Å²) in [5.74, 6) is 0. The van der Waals surface area contributed by atoms with Gasteiger partial charge >= 0.3 is 0 Å². The Morgan fingerprint density at radius 3 is 2.60 bits per heavy atom. The number of hydrogen-bond acceptors (Lipinski definition) is 3. The molecule has 0 saturated heterocycles. The van der Waals surface area contributed by atoms with Crippen LogP contribution < -0.4 is 5.32 Å². The summed E-state index contributed by atoms with van der Waals surface area (Å²) >= 11 is 1.73. The second kappa shape index (κ2) is 5.42. The summed E-state index contributed by atoms with van der Waals surface area (Å²) in [6, 6.07) is 8.21. The normalized spacial score (nSPS) is 11.5. The predicted molar refractivity (Wildman–Crippen MR) is 67.6 cm³/mol. The SMILES string of the molecule is CSc1ccccc1NCCC(C)(C)O. The van der Waals surface area contributed by atoms with E-state index >= 15 is 0 Å². The zero-order valence-electron chi connectivity index (χ0n) is 9.58. The van der Waals surface area contributed by atoms with Crippen molar-refractivity contribution in [2.75, 3.05) is 18.1 Å². The molecule has 0 atom stereocenters. The van der Waals surface area contributed by atoms with E-state index in [4.69, 9.17) is 0 Å². The van der Waals surface area contributed by atoms with Crippen molar-refractivity contribution < 1.29 is 5.11 Å². The first-order valence-corrected chi connectivity index (χ1v) is 6.35. The summed E-state index contributed by atoms with van der Waals surface area (Å²) in [7, 11) is 0. The second-order valence-corrected chi connectivity index (χ2v) is 5.04. The number of anilines is 1. The van der Waals surface area contributed by atoms with Gasteiger partial charge in [-0.3, -0.25) is 0 Å². The molecule has 0 heterocycles. The van der Waals surface area contributed by atoms with E-state index in [9.17, 15) is 5.11 Å². The molecule has 0 fully saturated rings. The number of para-hydroxylation sites is 1. The van der Waals surface area contributed by atoms with Gasteiger partial charge < -0.3 is 10.4 Å². The fourth-order valence-corrected chi connectivity index (χ4v) is 1.87. The third-order valence-electron chi connectivity index (χ3n) is 2.16. The first-order valence-electron chi connectivity index (χ1n) is 5.12. The predicted octanol–water partition coefficient (Wildman–Crippen LogP) is 2.98. The summed E-state index contributed by atoms with van der Waals surface area (Å²) in [5.41, 5.74) is 0.552. The largest absolute Gasteiger partial charge is 0.390 e. The number of benzene rings is 1. The average Bonchev–Trinajstić information content (AvgIpc) is 2.16. The van der Waals surface area contributed by atoms with E-state index in [0.29, 0.717) is 0 Å². The van der Waals surface area contributed by atoms with Crippen LogP contribution in [0, 0.1) is 0 Å². The Morgan fingerprint density at radius 1 is 1.33 bits per heavy atom. The lowest BCUT2D eigenvalue weighted by Crippen LogP contribution is -2.22. The van der Waals surface area contributed by atoms with E-state index in [-0.39, 0.29) is 0 Å². The van der Waals surface area contributed by atoms with Crippen LogP contribution in [0.25, 0.3) is 0 Å². The lowest BCUT2D eigenvalue weighted by Gasteiger charge is -2.18. The van der Waals surface area contributed by atoms with Gasteiger partial charge in [-0.05, 0) is 38.7 Å². The smallest absolute Gasteiger partial charge is 0.0608 e. The lowest BCUT2D eigenvalue weighted by atomic mass is 10.1. The average molecular weight is 225 g/mol. The van der Waals surface area contributed by atoms with Crippen LogP contribution >= 0.6 is 11.8 Å². The molecule has 2 N–H and O–H groups in total. The minimum absolute atomic E-state index is 0.596. The topological polar surface area (TPSA) is 32.3 Å². The third-order valence-corrected chi connectivity index (χ3v) is 2.96. The summed E-state index contributed by atoms with van der Waals surface area (Å²) in [6.07, 6.45) is 2.81. The van der Waals surface area contributed by atoms with E-state index in [1.54, 1.807) is 11.8 Å². The van der Waals surface area contributed by atoms with Gasteiger partial charge in [-0.25, -0.2) is 0 Å². The molecule has 3 heteroatoms. The molecule has 0 amide bonds. The zero-order chi connectivity index (χ0) is 11.3. The van der Waals surface area contributed by atoms with Crippen LogP contribution in [0.2, 0.25) is 0 Å². The van der Waals surface area contributed by atoms with Crippen LogP contribution in [0.5, 0.6) is 0 Å². The molecule has 84 valence electrons. The Balaban J connectivity index is 2.50. The van der Waals surface area contributed by atoms with Gasteiger partial charge in [0, 0.05) is 17.1 Å². The van der Waals surface area contributed by atoms with Crippen LogP contribution in [0.3, 0.4) is 0 Å². The molecule has 0 aliphatic carbocycles. The fraction of sp³-hybridized carbons (Fsp3) is 0.500. The Labute approximate surface area is 96.1 Å². The maximum Gasteiger partial charge on any atom is 0.0608 e. The maximum atomic E-state index is 9.58. The summed E-state index contributed by atoms with van der Waals surface area (Å²) in [4.78, 5) is 1.24. The minimum Gasteiger partial charge on any atom is -0.390 e. The van der Waals surface area contributed by atoms with E-state index in [1.807, 2.05) is 26.0 Å². The molecule has 1 aromatic carbocycles. The third kappa shape index (κ3) is 4.58. The van der Waals surface area contributed by atoms with Crippen LogP contribution in [0.4, 0.5) is 5.69 Å². The molecule has 2 nitrogen and oxygen atoms in total. The molecule has 0 aliphatic rings. The highest BCUT2D eigenvalue weighted by Gasteiger charge is 2.11. The number of hydrogen-bond donors (Lipinski definition) is 2. The summed E-state index contributed by atoms with van der Waals surface area (Å²) < 4.78 is 0. The number of rotatable bonds is 5. The van der Waals surface area contributed by atoms with Crippen molar-refractivity contribution in [3.05, 3.63) is 24.3 Å². The van der Waals surface area contributed by atoms with Gasteiger partial charge in [0.2, 0.25) is 0 Å². The Morgan fingerprint density at radius 2 is 2.00 bits per heavy atom. The number of thioether (sulfide) groups is 1. The van der Waals surface area contributed by atoms with Crippen molar-refractivity contribution in [1.29, 1.82) is 0 Å². The molecule has 0 spiro atoms. The van der Waals surface area contributed by atoms with Gasteiger partial charge in [0.05, 0.1) is 5.60 Å². The van der Waals surface area contributed by atoms with Crippen LogP contribution in [-0.2, 0) is 0 Å². The van der Waals surface area contributed by atoms with Gasteiger partial charge in [0.25, 0.3) is 0 Å². The van der Waals surface area contributed by atoms with Gasteiger partial charge in [-0.2, -0.15) is 0 Å². The molecule has 15 heavy (non-hydrogen) atoms. The van der Waals surface area contributed by atoms with Crippen molar-refractivity contribution in [2.45, 2.75) is 30.8 Å². The first-order chi connectivity index (χ1) is 7.03. The van der Waals surface area contributed by atoms with E-state index in [1.165, 1.54) is 4.90 Å². The Kier molecular flexibility index (Phi) is 4.48.